The summed E-state index contributed by atoms with van der Waals surface area (Å²) in [5, 5.41) is 21.4. The lowest BCUT2D eigenvalue weighted by molar-refractivity contribution is -0.193. The number of halogens is 9. The van der Waals surface area contributed by atoms with Crippen LogP contribution in [0.1, 0.15) is 11.1 Å². The summed E-state index contributed by atoms with van der Waals surface area (Å²) in [6.07, 6.45) is -11.5. The quantitative estimate of drug-likeness (QED) is 0.380. The average molecular weight is 726 g/mol. The highest BCUT2D eigenvalue weighted by Crippen LogP contribution is 2.25. The van der Waals surface area contributed by atoms with E-state index in [-0.39, 0.29) is 5.60 Å². The summed E-state index contributed by atoms with van der Waals surface area (Å²) in [5.74, 6) is -7.38. The van der Waals surface area contributed by atoms with Crippen molar-refractivity contribution in [1.82, 2.24) is 14.8 Å². The Kier molecular flexibility index (Phi) is 16.7. The highest BCUT2D eigenvalue weighted by atomic mass is 19.4. The second-order valence-electron chi connectivity index (χ2n) is 10.1. The van der Waals surface area contributed by atoms with Crippen LogP contribution in [0, 0.1) is 0 Å². The van der Waals surface area contributed by atoms with Crippen LogP contribution in [0.15, 0.2) is 48.8 Å². The molecule has 3 heterocycles. The van der Waals surface area contributed by atoms with Crippen LogP contribution < -0.4 is 4.74 Å². The fraction of sp³-hybridized carbons (Fsp3) is 0.500. The minimum atomic E-state index is -5.08. The predicted octanol–water partition coefficient (Wildman–Crippen LogP) is 4.09. The van der Waals surface area contributed by atoms with Crippen LogP contribution in [0.4, 0.5) is 39.5 Å². The molecule has 1 unspecified atom stereocenters. The Balaban J connectivity index is 0.000000467. The number of benzene rings is 1. The van der Waals surface area contributed by atoms with Crippen molar-refractivity contribution in [3.05, 3.63) is 59.9 Å². The number of carboxylic acid groups (broad SMARTS) is 3. The molecule has 0 aliphatic carbocycles. The van der Waals surface area contributed by atoms with Gasteiger partial charge < -0.3 is 29.5 Å². The van der Waals surface area contributed by atoms with Gasteiger partial charge in [0.15, 0.2) is 0 Å². The van der Waals surface area contributed by atoms with Crippen LogP contribution in [-0.4, -0.2) is 125 Å². The van der Waals surface area contributed by atoms with Gasteiger partial charge in [0.05, 0.1) is 26.9 Å². The second-order valence-corrected chi connectivity index (χ2v) is 10.1. The normalized spacial score (nSPS) is 18.7. The lowest BCUT2D eigenvalue weighted by Gasteiger charge is -2.43. The SMILES string of the molecule is COc1ccc(CN2CCOC3(COCCN(Cc4ccncc4)C3)C2)cc1.O=C(O)C(F)(F)F.O=C(O)C(F)(F)F.O=C(O)C(F)(F)F. The molecule has 1 atom stereocenters. The molecule has 2 saturated heterocycles. The Morgan fingerprint density at radius 2 is 1.12 bits per heavy atom. The number of methoxy groups -OCH3 is 1. The van der Waals surface area contributed by atoms with E-state index in [0.29, 0.717) is 6.61 Å². The Labute approximate surface area is 272 Å². The lowest BCUT2D eigenvalue weighted by atomic mass is 10.0. The molecule has 1 aromatic heterocycles. The third-order valence-electron chi connectivity index (χ3n) is 6.20. The zero-order valence-corrected chi connectivity index (χ0v) is 25.5. The minimum absolute atomic E-state index is 0.270. The number of carboxylic acids is 3. The highest BCUT2D eigenvalue weighted by molar-refractivity contribution is 5.73. The van der Waals surface area contributed by atoms with Crippen molar-refractivity contribution in [2.45, 2.75) is 37.2 Å². The maximum atomic E-state index is 10.6. The van der Waals surface area contributed by atoms with Gasteiger partial charge in [-0.2, -0.15) is 39.5 Å². The zero-order valence-electron chi connectivity index (χ0n) is 25.5. The van der Waals surface area contributed by atoms with E-state index in [9.17, 15) is 39.5 Å². The van der Waals surface area contributed by atoms with Crippen molar-refractivity contribution in [1.29, 1.82) is 0 Å². The molecule has 4 rings (SSSR count). The van der Waals surface area contributed by atoms with Gasteiger partial charge in [-0.3, -0.25) is 14.8 Å². The molecule has 276 valence electrons. The van der Waals surface area contributed by atoms with E-state index in [4.69, 9.17) is 43.9 Å². The van der Waals surface area contributed by atoms with Crippen LogP contribution in [0.3, 0.4) is 0 Å². The first-order chi connectivity index (χ1) is 22.6. The number of rotatable bonds is 5. The van der Waals surface area contributed by atoms with Gasteiger partial charge in [-0.25, -0.2) is 14.4 Å². The van der Waals surface area contributed by atoms with E-state index in [1.54, 1.807) is 7.11 Å². The van der Waals surface area contributed by atoms with Crippen molar-refractivity contribution in [3.8, 4) is 5.75 Å². The predicted molar refractivity (Wildman–Crippen MR) is 148 cm³/mol. The Bertz CT molecular complexity index is 1260. The Hall–Kier alpha value is -4.21. The van der Waals surface area contributed by atoms with Gasteiger partial charge in [0.25, 0.3) is 0 Å². The third kappa shape index (κ3) is 17.1. The van der Waals surface area contributed by atoms with Gasteiger partial charge in [-0.15, -0.1) is 0 Å². The van der Waals surface area contributed by atoms with Crippen LogP contribution in [0.25, 0.3) is 0 Å². The molecular weight excluding hydrogens is 693 g/mol. The molecule has 2 aliphatic rings. The molecule has 0 saturated carbocycles. The number of pyridine rings is 1. The smallest absolute Gasteiger partial charge is 0.490 e. The largest absolute Gasteiger partial charge is 0.497 e. The second kappa shape index (κ2) is 19.1. The average Bonchev–Trinajstić information content (AvgIpc) is 3.19. The summed E-state index contributed by atoms with van der Waals surface area (Å²) < 4.78 is 113. The monoisotopic (exact) mass is 725 g/mol. The van der Waals surface area contributed by atoms with Crippen molar-refractivity contribution in [3.63, 3.8) is 0 Å². The molecule has 2 aromatic rings. The Morgan fingerprint density at radius 1 is 0.735 bits per heavy atom. The van der Waals surface area contributed by atoms with E-state index in [2.05, 4.69) is 39.0 Å². The number of hydrogen-bond donors (Lipinski definition) is 3. The maximum absolute atomic E-state index is 10.6. The van der Waals surface area contributed by atoms with Crippen molar-refractivity contribution in [2.24, 2.45) is 0 Å². The van der Waals surface area contributed by atoms with Crippen molar-refractivity contribution < 1.29 is 83.4 Å². The molecule has 0 radical (unpaired) electrons. The maximum Gasteiger partial charge on any atom is 0.490 e. The lowest BCUT2D eigenvalue weighted by Crippen LogP contribution is -2.58. The molecule has 2 aliphatic heterocycles. The van der Waals surface area contributed by atoms with Gasteiger partial charge >= 0.3 is 36.4 Å². The van der Waals surface area contributed by atoms with Crippen molar-refractivity contribution in [2.75, 3.05) is 53.1 Å². The molecule has 0 bridgehead atoms. The van der Waals surface area contributed by atoms with E-state index in [1.165, 1.54) is 11.1 Å². The summed E-state index contributed by atoms with van der Waals surface area (Å²) in [6, 6.07) is 12.5. The summed E-state index contributed by atoms with van der Waals surface area (Å²) in [5.41, 5.74) is 2.30. The third-order valence-corrected chi connectivity index (χ3v) is 6.20. The molecule has 12 nitrogen and oxygen atoms in total. The van der Waals surface area contributed by atoms with Crippen LogP contribution in [0.5, 0.6) is 5.75 Å². The van der Waals surface area contributed by atoms with E-state index in [1.807, 2.05) is 24.5 Å². The number of carbonyl (C=O) groups is 3. The van der Waals surface area contributed by atoms with Gasteiger partial charge in [0.1, 0.15) is 11.4 Å². The highest BCUT2D eigenvalue weighted by Gasteiger charge is 2.41. The van der Waals surface area contributed by atoms with Gasteiger partial charge in [0.2, 0.25) is 0 Å². The van der Waals surface area contributed by atoms with Gasteiger partial charge in [-0.05, 0) is 35.4 Å². The standard InChI is InChI=1S/C22H29N3O3.3C2HF3O2/c1-26-21-4-2-19(3-5-21)14-25-11-13-28-22(17-25)16-24(10-12-27-18-22)15-20-6-8-23-9-7-20;3*3-2(4,5)1(6)7/h2-9H,10-18H2,1H3;3*(H,6,7). The number of alkyl halides is 9. The first kappa shape index (κ1) is 42.8. The number of morpholine rings is 1. The number of ether oxygens (including phenoxy) is 3. The number of aliphatic carboxylic acids is 3. The molecule has 3 N–H and O–H groups in total. The molecule has 1 aromatic carbocycles. The van der Waals surface area contributed by atoms with Crippen LogP contribution in [0.2, 0.25) is 0 Å². The van der Waals surface area contributed by atoms with Crippen LogP contribution in [-0.2, 0) is 36.9 Å². The van der Waals surface area contributed by atoms with E-state index in [0.717, 1.165) is 58.2 Å². The van der Waals surface area contributed by atoms with Gasteiger partial charge in [-0.1, -0.05) is 12.1 Å². The first-order valence-electron chi connectivity index (χ1n) is 13.7. The first-order valence-corrected chi connectivity index (χ1v) is 13.7. The summed E-state index contributed by atoms with van der Waals surface area (Å²) in [4.78, 5) is 35.7. The van der Waals surface area contributed by atoms with Crippen LogP contribution >= 0.6 is 0 Å². The fourth-order valence-corrected chi connectivity index (χ4v) is 4.10. The fourth-order valence-electron chi connectivity index (χ4n) is 4.10. The molecule has 2 fully saturated rings. The molecule has 0 amide bonds. The number of nitrogens with zero attached hydrogens (tertiary/aromatic N) is 3. The van der Waals surface area contributed by atoms with Crippen molar-refractivity contribution >= 4 is 17.9 Å². The number of aromatic nitrogens is 1. The summed E-state index contributed by atoms with van der Waals surface area (Å²) in [7, 11) is 1.70. The van der Waals surface area contributed by atoms with Gasteiger partial charge in [0, 0.05) is 51.7 Å². The molecule has 1 spiro atoms. The minimum Gasteiger partial charge on any atom is -0.497 e. The zero-order chi connectivity index (χ0) is 37.5. The Morgan fingerprint density at radius 3 is 1.51 bits per heavy atom. The van der Waals surface area contributed by atoms with E-state index >= 15 is 0 Å². The summed E-state index contributed by atoms with van der Waals surface area (Å²) >= 11 is 0. The molecule has 49 heavy (non-hydrogen) atoms. The van der Waals surface area contributed by atoms with E-state index < -0.39 is 36.4 Å². The molecule has 21 heteroatoms. The topological polar surface area (TPSA) is 159 Å². The molecular formula is C28H32F9N3O9. The summed E-state index contributed by atoms with van der Waals surface area (Å²) in [6.45, 7) is 7.58. The number of hydrogen-bond acceptors (Lipinski definition) is 9.